The van der Waals surface area contributed by atoms with Gasteiger partial charge in [0.1, 0.15) is 0 Å². The molecule has 5 nitrogen and oxygen atoms in total. The van der Waals surface area contributed by atoms with Gasteiger partial charge in [-0.3, -0.25) is 4.57 Å². The minimum atomic E-state index is 0.527. The molecule has 1 aliphatic rings. The molecule has 0 unspecified atom stereocenters. The molecule has 6 heteroatoms. The molecule has 120 valence electrons. The number of H-pyrrole nitrogens is 1. The lowest BCUT2D eigenvalue weighted by molar-refractivity contribution is 0.348. The monoisotopic (exact) mass is 311 g/mol. The van der Waals surface area contributed by atoms with Crippen molar-refractivity contribution in [3.63, 3.8) is 0 Å². The highest BCUT2D eigenvalue weighted by Crippen LogP contribution is 2.31. The van der Waals surface area contributed by atoms with Gasteiger partial charge in [-0.15, -0.1) is 5.10 Å². The highest BCUT2D eigenvalue weighted by Gasteiger charge is 2.22. The summed E-state index contributed by atoms with van der Waals surface area (Å²) in [6.45, 7) is 5.27. The number of anilines is 1. The summed E-state index contributed by atoms with van der Waals surface area (Å²) in [5, 5.41) is 7.56. The summed E-state index contributed by atoms with van der Waals surface area (Å²) in [5.41, 5.74) is 0. The lowest BCUT2D eigenvalue weighted by Gasteiger charge is -2.29. The number of hydrogen-bond donors (Lipinski definition) is 1. The van der Waals surface area contributed by atoms with Crippen LogP contribution in [0.3, 0.4) is 0 Å². The fraction of sp³-hybridized carbons (Fsp3) is 0.867. The Morgan fingerprint density at radius 2 is 1.90 bits per heavy atom. The first-order valence-electron chi connectivity index (χ1n) is 8.20. The molecule has 0 radical (unpaired) electrons. The van der Waals surface area contributed by atoms with Crippen molar-refractivity contribution in [2.45, 2.75) is 51.5 Å². The molecule has 0 atom stereocenters. The first kappa shape index (κ1) is 16.5. The van der Waals surface area contributed by atoms with Crippen molar-refractivity contribution < 1.29 is 0 Å². The second-order valence-electron chi connectivity index (χ2n) is 6.28. The van der Waals surface area contributed by atoms with Crippen LogP contribution in [-0.4, -0.2) is 53.4 Å². The fourth-order valence-electron chi connectivity index (χ4n) is 3.09. The van der Waals surface area contributed by atoms with Crippen LogP contribution in [-0.2, 0) is 0 Å². The molecule has 0 saturated heterocycles. The number of aromatic amines is 1. The molecule has 1 saturated carbocycles. The molecular formula is C15H29N5S. The molecule has 0 aliphatic heterocycles. The standard InChI is InChI=1S/C15H29N5S/c1-4-10-19(12-11-18(2)3)14-16-17-15(21)20(14)13-8-6-5-7-9-13/h13H,4-12H2,1-3H3,(H,17,21). The van der Waals surface area contributed by atoms with E-state index in [9.17, 15) is 0 Å². The van der Waals surface area contributed by atoms with Gasteiger partial charge in [0.2, 0.25) is 5.95 Å². The van der Waals surface area contributed by atoms with Crippen LogP contribution >= 0.6 is 12.2 Å². The van der Waals surface area contributed by atoms with Crippen molar-refractivity contribution in [2.75, 3.05) is 38.6 Å². The lowest BCUT2D eigenvalue weighted by Crippen LogP contribution is -2.35. The third-order valence-electron chi connectivity index (χ3n) is 4.22. The molecule has 21 heavy (non-hydrogen) atoms. The number of aromatic nitrogens is 3. The van der Waals surface area contributed by atoms with Gasteiger partial charge in [-0.05, 0) is 45.6 Å². The molecule has 1 aromatic rings. The van der Waals surface area contributed by atoms with E-state index < -0.39 is 0 Å². The van der Waals surface area contributed by atoms with E-state index in [1.807, 2.05) is 0 Å². The molecule has 2 rings (SSSR count). The first-order valence-corrected chi connectivity index (χ1v) is 8.61. The largest absolute Gasteiger partial charge is 0.340 e. The van der Waals surface area contributed by atoms with Gasteiger partial charge in [0.25, 0.3) is 0 Å². The summed E-state index contributed by atoms with van der Waals surface area (Å²) >= 11 is 5.50. The Labute approximate surface area is 133 Å². The average Bonchev–Trinajstić information content (AvgIpc) is 2.86. The van der Waals surface area contributed by atoms with Crippen LogP contribution in [0.1, 0.15) is 51.5 Å². The topological polar surface area (TPSA) is 40.1 Å². The van der Waals surface area contributed by atoms with Crippen LogP contribution in [0.15, 0.2) is 0 Å². The van der Waals surface area contributed by atoms with Crippen LogP contribution in [0.4, 0.5) is 5.95 Å². The van der Waals surface area contributed by atoms with E-state index in [1.165, 1.54) is 32.1 Å². The summed E-state index contributed by atoms with van der Waals surface area (Å²) < 4.78 is 3.06. The maximum atomic E-state index is 5.50. The van der Waals surface area contributed by atoms with Gasteiger partial charge in [0.05, 0.1) is 0 Å². The maximum absolute atomic E-state index is 5.50. The van der Waals surface area contributed by atoms with Gasteiger partial charge in [0, 0.05) is 25.7 Å². The van der Waals surface area contributed by atoms with Crippen LogP contribution in [0.5, 0.6) is 0 Å². The fourth-order valence-corrected chi connectivity index (χ4v) is 3.37. The summed E-state index contributed by atoms with van der Waals surface area (Å²) in [7, 11) is 4.23. The summed E-state index contributed by atoms with van der Waals surface area (Å²) in [6, 6.07) is 0.527. The van der Waals surface area contributed by atoms with Crippen LogP contribution in [0.25, 0.3) is 0 Å². The quantitative estimate of drug-likeness (QED) is 0.785. The summed E-state index contributed by atoms with van der Waals surface area (Å²) in [5.74, 6) is 1.04. The first-order chi connectivity index (χ1) is 10.1. The van der Waals surface area contributed by atoms with Crippen molar-refractivity contribution in [3.8, 4) is 0 Å². The normalized spacial score (nSPS) is 16.6. The number of nitrogens with zero attached hydrogens (tertiary/aromatic N) is 4. The zero-order valence-corrected chi connectivity index (χ0v) is 14.5. The predicted octanol–water partition coefficient (Wildman–Crippen LogP) is 3.22. The second kappa shape index (κ2) is 7.94. The Bertz CT molecular complexity index is 473. The van der Waals surface area contributed by atoms with Gasteiger partial charge < -0.3 is 9.80 Å². The van der Waals surface area contributed by atoms with Crippen LogP contribution in [0, 0.1) is 4.77 Å². The SMILES string of the molecule is CCCN(CCN(C)C)c1n[nH]c(=S)n1C1CCCCC1. The zero-order chi connectivity index (χ0) is 15.2. The van der Waals surface area contributed by atoms with Gasteiger partial charge in [0.15, 0.2) is 4.77 Å². The van der Waals surface area contributed by atoms with Gasteiger partial charge in [-0.1, -0.05) is 26.2 Å². The smallest absolute Gasteiger partial charge is 0.226 e. The van der Waals surface area contributed by atoms with Crippen molar-refractivity contribution in [3.05, 3.63) is 4.77 Å². The molecular weight excluding hydrogens is 282 g/mol. The molecule has 0 spiro atoms. The van der Waals surface area contributed by atoms with Crippen molar-refractivity contribution in [1.29, 1.82) is 0 Å². The predicted molar refractivity (Wildman–Crippen MR) is 90.6 cm³/mol. The van der Waals surface area contributed by atoms with Crippen molar-refractivity contribution >= 4 is 18.2 Å². The number of nitrogens with one attached hydrogen (secondary N) is 1. The lowest BCUT2D eigenvalue weighted by atomic mass is 9.95. The van der Waals surface area contributed by atoms with E-state index in [4.69, 9.17) is 12.2 Å². The van der Waals surface area contributed by atoms with Crippen molar-refractivity contribution in [2.24, 2.45) is 0 Å². The Morgan fingerprint density at radius 1 is 1.19 bits per heavy atom. The number of hydrogen-bond acceptors (Lipinski definition) is 4. The van der Waals surface area contributed by atoms with E-state index in [2.05, 4.69) is 45.6 Å². The van der Waals surface area contributed by atoms with E-state index >= 15 is 0 Å². The molecule has 1 aromatic heterocycles. The van der Waals surface area contributed by atoms with Gasteiger partial charge in [-0.2, -0.15) is 0 Å². The zero-order valence-electron chi connectivity index (χ0n) is 13.6. The molecule has 1 heterocycles. The molecule has 0 aromatic carbocycles. The van der Waals surface area contributed by atoms with Crippen LogP contribution in [0.2, 0.25) is 0 Å². The van der Waals surface area contributed by atoms with E-state index in [1.54, 1.807) is 0 Å². The highest BCUT2D eigenvalue weighted by atomic mass is 32.1. The number of likely N-dealkylation sites (N-methyl/N-ethyl adjacent to an activating group) is 1. The summed E-state index contributed by atoms with van der Waals surface area (Å²) in [4.78, 5) is 4.59. The van der Waals surface area contributed by atoms with E-state index in [-0.39, 0.29) is 0 Å². The Morgan fingerprint density at radius 3 is 2.52 bits per heavy atom. The Hall–Kier alpha value is -0.880. The minimum absolute atomic E-state index is 0.527. The molecule has 1 aliphatic carbocycles. The Balaban J connectivity index is 2.21. The highest BCUT2D eigenvalue weighted by molar-refractivity contribution is 7.71. The molecule has 1 fully saturated rings. The third kappa shape index (κ3) is 4.30. The maximum Gasteiger partial charge on any atom is 0.226 e. The third-order valence-corrected chi connectivity index (χ3v) is 4.51. The van der Waals surface area contributed by atoms with E-state index in [0.29, 0.717) is 6.04 Å². The summed E-state index contributed by atoms with van der Waals surface area (Å²) in [6.07, 6.45) is 7.56. The molecule has 0 bridgehead atoms. The van der Waals surface area contributed by atoms with Crippen LogP contribution < -0.4 is 4.90 Å². The minimum Gasteiger partial charge on any atom is -0.340 e. The van der Waals surface area contributed by atoms with Gasteiger partial charge in [-0.25, -0.2) is 5.10 Å². The van der Waals surface area contributed by atoms with E-state index in [0.717, 1.165) is 36.8 Å². The second-order valence-corrected chi connectivity index (χ2v) is 6.67. The average molecular weight is 311 g/mol. The molecule has 0 amide bonds. The van der Waals surface area contributed by atoms with Crippen molar-refractivity contribution in [1.82, 2.24) is 19.7 Å². The number of rotatable bonds is 7. The molecule has 1 N–H and O–H groups in total. The Kier molecular flexibility index (Phi) is 6.23. The van der Waals surface area contributed by atoms with Gasteiger partial charge >= 0.3 is 0 Å².